The highest BCUT2D eigenvalue weighted by atomic mass is 19.2. The van der Waals surface area contributed by atoms with Crippen LogP contribution in [-0.2, 0) is 11.2 Å². The molecule has 4 rings (SSSR count). The topological polar surface area (TPSA) is 29.5 Å². The van der Waals surface area contributed by atoms with Gasteiger partial charge in [-0.1, -0.05) is 36.4 Å². The SMILES string of the molecule is CCOCC1=CC=C(C2CCC(CCc3ccc(-c4ccc(O)cc4)c(F)c3F)CC2)C(F)C1. The molecule has 0 spiro atoms. The minimum atomic E-state index is -0.925. The number of ether oxygens (including phenoxy) is 1. The number of aryl methyl sites for hydroxylation is 1. The van der Waals surface area contributed by atoms with Crippen LogP contribution in [0.25, 0.3) is 11.1 Å². The van der Waals surface area contributed by atoms with Crippen LogP contribution in [0.5, 0.6) is 5.75 Å². The number of alkyl halides is 1. The summed E-state index contributed by atoms with van der Waals surface area (Å²) in [5.74, 6) is -0.833. The molecular weight excluding hydrogens is 437 g/mol. The van der Waals surface area contributed by atoms with Gasteiger partial charge >= 0.3 is 0 Å². The van der Waals surface area contributed by atoms with Crippen molar-refractivity contribution in [2.75, 3.05) is 13.2 Å². The molecule has 1 saturated carbocycles. The molecule has 5 heteroatoms. The predicted molar refractivity (Wildman–Crippen MR) is 129 cm³/mol. The normalized spacial score (nSPS) is 22.9. The molecule has 1 atom stereocenters. The third kappa shape index (κ3) is 5.75. The van der Waals surface area contributed by atoms with Crippen molar-refractivity contribution < 1.29 is 23.0 Å². The van der Waals surface area contributed by atoms with Gasteiger partial charge in [-0.2, -0.15) is 0 Å². The maximum atomic E-state index is 14.8. The van der Waals surface area contributed by atoms with Crippen LogP contribution in [0.4, 0.5) is 13.2 Å². The van der Waals surface area contributed by atoms with Gasteiger partial charge in [0.15, 0.2) is 11.6 Å². The molecule has 2 nitrogen and oxygen atoms in total. The Bertz CT molecular complexity index is 1030. The van der Waals surface area contributed by atoms with Crippen LogP contribution < -0.4 is 0 Å². The lowest BCUT2D eigenvalue weighted by atomic mass is 9.74. The van der Waals surface area contributed by atoms with Crippen LogP contribution in [0, 0.1) is 23.5 Å². The average Bonchev–Trinajstić information content (AvgIpc) is 2.85. The van der Waals surface area contributed by atoms with Gasteiger partial charge in [0.25, 0.3) is 0 Å². The van der Waals surface area contributed by atoms with Crippen LogP contribution in [-0.4, -0.2) is 24.5 Å². The van der Waals surface area contributed by atoms with Gasteiger partial charge in [0.2, 0.25) is 0 Å². The summed E-state index contributed by atoms with van der Waals surface area (Å²) in [4.78, 5) is 0. The van der Waals surface area contributed by atoms with E-state index in [4.69, 9.17) is 4.74 Å². The number of benzene rings is 2. The largest absolute Gasteiger partial charge is 0.508 e. The number of phenols is 1. The fraction of sp³-hybridized carbons (Fsp3) is 0.448. The molecule has 2 aromatic carbocycles. The maximum absolute atomic E-state index is 14.8. The van der Waals surface area contributed by atoms with Gasteiger partial charge in [0, 0.05) is 18.6 Å². The number of rotatable bonds is 8. The van der Waals surface area contributed by atoms with Crippen LogP contribution >= 0.6 is 0 Å². The van der Waals surface area contributed by atoms with E-state index in [1.165, 1.54) is 12.1 Å². The third-order valence-corrected chi connectivity index (χ3v) is 7.29. The Morgan fingerprint density at radius 2 is 1.68 bits per heavy atom. The van der Waals surface area contributed by atoms with Crippen molar-refractivity contribution in [3.8, 4) is 16.9 Å². The van der Waals surface area contributed by atoms with Crippen molar-refractivity contribution in [2.24, 2.45) is 11.8 Å². The Hall–Kier alpha value is -2.53. The van der Waals surface area contributed by atoms with Crippen LogP contribution in [0.1, 0.15) is 51.0 Å². The van der Waals surface area contributed by atoms with Gasteiger partial charge in [-0.3, -0.25) is 0 Å². The lowest BCUT2D eigenvalue weighted by Crippen LogP contribution is -2.23. The summed E-state index contributed by atoms with van der Waals surface area (Å²) in [5.41, 5.74) is 3.05. The summed E-state index contributed by atoms with van der Waals surface area (Å²) in [6.45, 7) is 3.07. The Kier molecular flexibility index (Phi) is 8.15. The fourth-order valence-corrected chi connectivity index (χ4v) is 5.26. The number of hydrogen-bond acceptors (Lipinski definition) is 2. The Balaban J connectivity index is 1.31. The van der Waals surface area contributed by atoms with Crippen molar-refractivity contribution >= 4 is 0 Å². The summed E-state index contributed by atoms with van der Waals surface area (Å²) >= 11 is 0. The average molecular weight is 471 g/mol. The number of hydrogen-bond donors (Lipinski definition) is 1. The molecule has 0 bridgehead atoms. The third-order valence-electron chi connectivity index (χ3n) is 7.29. The zero-order valence-electron chi connectivity index (χ0n) is 19.7. The molecule has 1 N–H and O–H groups in total. The summed E-state index contributed by atoms with van der Waals surface area (Å²) in [6, 6.07) is 9.35. The summed E-state index contributed by atoms with van der Waals surface area (Å²) in [6.07, 6.45) is 8.64. The van der Waals surface area contributed by atoms with Crippen LogP contribution in [0.15, 0.2) is 59.7 Å². The molecule has 34 heavy (non-hydrogen) atoms. The fourth-order valence-electron chi connectivity index (χ4n) is 5.26. The van der Waals surface area contributed by atoms with Gasteiger partial charge in [0.05, 0.1) is 6.61 Å². The minimum absolute atomic E-state index is 0.0839. The second kappa shape index (κ2) is 11.3. The van der Waals surface area contributed by atoms with Gasteiger partial charge in [-0.25, -0.2) is 13.2 Å². The van der Waals surface area contributed by atoms with E-state index < -0.39 is 17.8 Å². The van der Waals surface area contributed by atoms with E-state index in [0.717, 1.165) is 43.3 Å². The molecule has 0 saturated heterocycles. The molecule has 0 heterocycles. The van der Waals surface area contributed by atoms with Crippen molar-refractivity contribution in [2.45, 2.75) is 58.0 Å². The number of allylic oxidation sites excluding steroid dienone is 3. The predicted octanol–water partition coefficient (Wildman–Crippen LogP) is 7.71. The van der Waals surface area contributed by atoms with E-state index in [2.05, 4.69) is 0 Å². The van der Waals surface area contributed by atoms with Crippen molar-refractivity contribution in [3.05, 3.63) is 76.9 Å². The summed E-state index contributed by atoms with van der Waals surface area (Å²) < 4.78 is 49.6. The van der Waals surface area contributed by atoms with Gasteiger partial charge in [-0.05, 0) is 91.7 Å². The number of halogens is 3. The van der Waals surface area contributed by atoms with Crippen LogP contribution in [0.2, 0.25) is 0 Å². The Labute approximate surface area is 200 Å². The summed E-state index contributed by atoms with van der Waals surface area (Å²) in [5, 5.41) is 9.41. The zero-order chi connectivity index (χ0) is 24.1. The zero-order valence-corrected chi connectivity index (χ0v) is 19.7. The van der Waals surface area contributed by atoms with Crippen LogP contribution in [0.3, 0.4) is 0 Å². The van der Waals surface area contributed by atoms with Crippen molar-refractivity contribution in [3.63, 3.8) is 0 Å². The monoisotopic (exact) mass is 470 g/mol. The summed E-state index contributed by atoms with van der Waals surface area (Å²) in [7, 11) is 0. The molecule has 1 unspecified atom stereocenters. The Morgan fingerprint density at radius 1 is 0.941 bits per heavy atom. The first-order chi connectivity index (χ1) is 16.5. The first-order valence-corrected chi connectivity index (χ1v) is 12.3. The van der Waals surface area contributed by atoms with Gasteiger partial charge in [0.1, 0.15) is 11.9 Å². The number of aromatic hydroxyl groups is 1. The van der Waals surface area contributed by atoms with Crippen molar-refractivity contribution in [1.82, 2.24) is 0 Å². The van der Waals surface area contributed by atoms with Gasteiger partial charge in [-0.15, -0.1) is 0 Å². The molecule has 2 aliphatic rings. The quantitative estimate of drug-likeness (QED) is 0.428. The lowest BCUT2D eigenvalue weighted by Gasteiger charge is -2.32. The van der Waals surface area contributed by atoms with E-state index in [0.29, 0.717) is 43.1 Å². The molecule has 2 aromatic rings. The smallest absolute Gasteiger partial charge is 0.166 e. The lowest BCUT2D eigenvalue weighted by molar-refractivity contribution is 0.164. The standard InChI is InChI=1S/C29H33F3O2/c1-2-34-18-20-6-15-25(27(30)17-20)21-7-3-19(4-8-21)5-9-23-12-16-26(29(32)28(23)31)22-10-13-24(33)14-11-22/h6,10-16,19,21,27,33H,2-5,7-9,17-18H2,1H3. The first-order valence-electron chi connectivity index (χ1n) is 12.3. The minimum Gasteiger partial charge on any atom is -0.508 e. The molecule has 0 aromatic heterocycles. The maximum Gasteiger partial charge on any atom is 0.166 e. The van der Waals surface area contributed by atoms with E-state index in [-0.39, 0.29) is 17.2 Å². The van der Waals surface area contributed by atoms with Crippen molar-refractivity contribution in [1.29, 1.82) is 0 Å². The highest BCUT2D eigenvalue weighted by molar-refractivity contribution is 5.65. The first kappa shape index (κ1) is 24.6. The second-order valence-electron chi connectivity index (χ2n) is 9.50. The van der Waals surface area contributed by atoms with E-state index in [9.17, 15) is 18.3 Å². The molecule has 0 radical (unpaired) electrons. The number of phenolic OH excluding ortho intramolecular Hbond substituents is 1. The molecule has 0 amide bonds. The van der Waals surface area contributed by atoms with E-state index >= 15 is 0 Å². The highest BCUT2D eigenvalue weighted by Crippen LogP contribution is 2.40. The van der Waals surface area contributed by atoms with Gasteiger partial charge < -0.3 is 9.84 Å². The molecular formula is C29H33F3O2. The molecule has 0 aliphatic heterocycles. The highest BCUT2D eigenvalue weighted by Gasteiger charge is 2.29. The Morgan fingerprint density at radius 3 is 2.35 bits per heavy atom. The van der Waals surface area contributed by atoms with E-state index in [1.54, 1.807) is 24.3 Å². The molecule has 182 valence electrons. The van der Waals surface area contributed by atoms with E-state index in [1.807, 2.05) is 19.1 Å². The molecule has 1 fully saturated rings. The second-order valence-corrected chi connectivity index (χ2v) is 9.50. The molecule has 2 aliphatic carbocycles.